The van der Waals surface area contributed by atoms with Crippen LogP contribution in [0.5, 0.6) is 0 Å². The maximum Gasteiger partial charge on any atom is 0.139 e. The lowest BCUT2D eigenvalue weighted by Crippen LogP contribution is -2.68. The van der Waals surface area contributed by atoms with Crippen LogP contribution in [0.25, 0.3) is 0 Å². The summed E-state index contributed by atoms with van der Waals surface area (Å²) in [7, 11) is -2.19. The van der Waals surface area contributed by atoms with E-state index in [-0.39, 0.29) is 5.41 Å². The molecule has 0 bridgehead atoms. The molecule has 3 aliphatic rings. The van der Waals surface area contributed by atoms with Gasteiger partial charge in [0.25, 0.3) is 0 Å². The molecule has 0 aromatic rings. The van der Waals surface area contributed by atoms with Crippen molar-refractivity contribution in [3.05, 3.63) is 0 Å². The molecule has 3 saturated carbocycles. The highest BCUT2D eigenvalue weighted by molar-refractivity contribution is 6.76. The summed E-state index contributed by atoms with van der Waals surface area (Å²) in [6.45, 7) is 15.1. The van der Waals surface area contributed by atoms with Crippen molar-refractivity contribution in [1.29, 1.82) is 0 Å². The molecule has 0 radical (unpaired) electrons. The maximum absolute atomic E-state index is 13.0. The Labute approximate surface area is 139 Å². The lowest BCUT2D eigenvalue weighted by molar-refractivity contribution is -0.199. The molecule has 1 nitrogen and oxygen atoms in total. The van der Waals surface area contributed by atoms with Gasteiger partial charge in [0.1, 0.15) is 5.78 Å². The molecule has 3 aliphatic carbocycles. The van der Waals surface area contributed by atoms with Gasteiger partial charge in [-0.1, -0.05) is 64.2 Å². The Morgan fingerprint density at radius 3 is 2.00 bits per heavy atom. The summed E-state index contributed by atoms with van der Waals surface area (Å²) in [5.41, 5.74) is 0.600. The third kappa shape index (κ3) is 2.33. The van der Waals surface area contributed by atoms with Crippen LogP contribution in [-0.2, 0) is 4.79 Å². The van der Waals surface area contributed by atoms with Crippen LogP contribution in [0.15, 0.2) is 0 Å². The Morgan fingerprint density at radius 1 is 0.864 bits per heavy atom. The Balaban J connectivity index is 1.98. The minimum atomic E-state index is -1.12. The van der Waals surface area contributed by atoms with Crippen molar-refractivity contribution < 1.29 is 4.79 Å². The molecule has 3 fully saturated rings. The molecule has 126 valence electrons. The number of hydrogen-bond acceptors (Lipinski definition) is 1. The topological polar surface area (TPSA) is 17.1 Å². The van der Waals surface area contributed by atoms with E-state index in [1.807, 2.05) is 0 Å². The highest BCUT2D eigenvalue weighted by atomic mass is 28.3. The van der Waals surface area contributed by atoms with Crippen molar-refractivity contribution in [2.45, 2.75) is 89.9 Å². The lowest BCUT2D eigenvalue weighted by Gasteiger charge is -2.70. The van der Waals surface area contributed by atoms with Crippen molar-refractivity contribution in [3.63, 3.8) is 0 Å². The van der Waals surface area contributed by atoms with Gasteiger partial charge in [0, 0.05) is 28.0 Å². The van der Waals surface area contributed by atoms with Gasteiger partial charge >= 0.3 is 0 Å². The number of hydrogen-bond donors (Lipinski definition) is 0. The molecule has 0 aliphatic heterocycles. The molecular weight excluding hydrogens is 300 g/mol. The summed E-state index contributed by atoms with van der Waals surface area (Å²) in [6, 6.07) is 2.87. The number of carbonyl (C=O) groups is 1. The van der Waals surface area contributed by atoms with Crippen molar-refractivity contribution in [3.8, 4) is 0 Å². The predicted octanol–water partition coefficient (Wildman–Crippen LogP) is 5.82. The highest BCUT2D eigenvalue weighted by Gasteiger charge is 2.76. The summed E-state index contributed by atoms with van der Waals surface area (Å²) >= 11 is 0. The van der Waals surface area contributed by atoms with Crippen molar-refractivity contribution >= 4 is 21.9 Å². The van der Waals surface area contributed by atoms with Gasteiger partial charge in [-0.15, -0.1) is 0 Å². The third-order valence-electron chi connectivity index (χ3n) is 7.12. The Kier molecular flexibility index (Phi) is 3.89. The summed E-state index contributed by atoms with van der Waals surface area (Å²) in [5, 5.41) is 0. The van der Waals surface area contributed by atoms with Crippen LogP contribution >= 0.6 is 0 Å². The SMILES string of the molecule is C[Si](C)(C)CC1C(C[Si](C)(C)C)C23CCCCC12CCC3=O. The standard InChI is InChI=1S/C19H36OSi2/c1-21(2,3)13-15-16(14-22(4,5)6)19-11-8-7-10-18(15,19)12-9-17(19)20/h15-16H,7-14H2,1-6H3. The van der Waals surface area contributed by atoms with E-state index < -0.39 is 16.1 Å². The van der Waals surface area contributed by atoms with Gasteiger partial charge in [-0.2, -0.15) is 0 Å². The molecule has 3 heteroatoms. The molecule has 0 N–H and O–H groups in total. The molecule has 22 heavy (non-hydrogen) atoms. The summed E-state index contributed by atoms with van der Waals surface area (Å²) in [4.78, 5) is 13.0. The number of ketones is 1. The van der Waals surface area contributed by atoms with Crippen LogP contribution in [0.4, 0.5) is 0 Å². The third-order valence-corrected chi connectivity index (χ3v) is 10.5. The van der Waals surface area contributed by atoms with E-state index in [1.165, 1.54) is 44.2 Å². The lowest BCUT2D eigenvalue weighted by atomic mass is 9.36. The summed E-state index contributed by atoms with van der Waals surface area (Å²) in [6.07, 6.45) is 7.46. The average Bonchev–Trinajstić information content (AvgIpc) is 2.64. The molecule has 0 aromatic carbocycles. The first-order valence-corrected chi connectivity index (χ1v) is 17.0. The monoisotopic (exact) mass is 336 g/mol. The molecular formula is C19H36OSi2. The van der Waals surface area contributed by atoms with E-state index in [1.54, 1.807) is 0 Å². The molecule has 3 rings (SSSR count). The fraction of sp³-hybridized carbons (Fsp3) is 0.947. The quantitative estimate of drug-likeness (QED) is 0.591. The van der Waals surface area contributed by atoms with Crippen LogP contribution in [0.1, 0.15) is 38.5 Å². The minimum Gasteiger partial charge on any atom is -0.299 e. The highest BCUT2D eigenvalue weighted by Crippen LogP contribution is 2.78. The Bertz CT molecular complexity index is 473. The van der Waals surface area contributed by atoms with Gasteiger partial charge in [0.2, 0.25) is 0 Å². The second-order valence-corrected chi connectivity index (χ2v) is 22.1. The second-order valence-electron chi connectivity index (χ2n) is 11.0. The largest absolute Gasteiger partial charge is 0.299 e. The Morgan fingerprint density at radius 2 is 1.41 bits per heavy atom. The van der Waals surface area contributed by atoms with Gasteiger partial charge in [-0.25, -0.2) is 0 Å². The van der Waals surface area contributed by atoms with Gasteiger partial charge in [-0.05, 0) is 36.5 Å². The Hall–Kier alpha value is 0.104. The van der Waals surface area contributed by atoms with E-state index >= 15 is 0 Å². The summed E-state index contributed by atoms with van der Waals surface area (Å²) < 4.78 is 0. The molecule has 0 heterocycles. The van der Waals surface area contributed by atoms with Crippen LogP contribution < -0.4 is 0 Å². The zero-order valence-electron chi connectivity index (χ0n) is 15.7. The van der Waals surface area contributed by atoms with E-state index in [4.69, 9.17) is 0 Å². The summed E-state index contributed by atoms with van der Waals surface area (Å²) in [5.74, 6) is 2.32. The fourth-order valence-electron chi connectivity index (χ4n) is 6.71. The molecule has 0 amide bonds. The van der Waals surface area contributed by atoms with Crippen LogP contribution in [0.2, 0.25) is 51.4 Å². The maximum atomic E-state index is 13.0. The molecule has 4 atom stereocenters. The van der Waals surface area contributed by atoms with Gasteiger partial charge in [-0.3, -0.25) is 4.79 Å². The van der Waals surface area contributed by atoms with Crippen LogP contribution in [0.3, 0.4) is 0 Å². The van der Waals surface area contributed by atoms with Gasteiger partial charge in [0.15, 0.2) is 0 Å². The van der Waals surface area contributed by atoms with E-state index in [0.29, 0.717) is 11.2 Å². The first kappa shape index (κ1) is 16.9. The number of rotatable bonds is 4. The number of Topliss-reactive ketones (excluding diaryl/α,β-unsaturated/α-hetero) is 1. The first-order chi connectivity index (χ1) is 10.0. The zero-order chi connectivity index (χ0) is 16.4. The van der Waals surface area contributed by atoms with Gasteiger partial charge in [0.05, 0.1) is 0 Å². The average molecular weight is 337 g/mol. The number of carbonyl (C=O) groups excluding carboxylic acids is 1. The van der Waals surface area contributed by atoms with Crippen LogP contribution in [-0.4, -0.2) is 21.9 Å². The second kappa shape index (κ2) is 5.05. The van der Waals surface area contributed by atoms with Crippen LogP contribution in [0, 0.1) is 22.7 Å². The first-order valence-electron chi connectivity index (χ1n) is 9.55. The fourth-order valence-corrected chi connectivity index (χ4v) is 10.7. The van der Waals surface area contributed by atoms with E-state index in [9.17, 15) is 4.79 Å². The molecule has 0 saturated heterocycles. The minimum absolute atomic E-state index is 0.149. The predicted molar refractivity (Wildman–Crippen MR) is 101 cm³/mol. The van der Waals surface area contributed by atoms with E-state index in [2.05, 4.69) is 39.3 Å². The van der Waals surface area contributed by atoms with Crippen molar-refractivity contribution in [2.75, 3.05) is 0 Å². The molecule has 4 unspecified atom stereocenters. The smallest absolute Gasteiger partial charge is 0.139 e. The van der Waals surface area contributed by atoms with Gasteiger partial charge < -0.3 is 0 Å². The van der Waals surface area contributed by atoms with Crippen molar-refractivity contribution in [1.82, 2.24) is 0 Å². The van der Waals surface area contributed by atoms with E-state index in [0.717, 1.165) is 18.3 Å². The zero-order valence-corrected chi connectivity index (χ0v) is 17.7. The molecule has 0 spiro atoms. The molecule has 0 aromatic heterocycles. The van der Waals surface area contributed by atoms with Crippen molar-refractivity contribution in [2.24, 2.45) is 22.7 Å². The normalized spacial score (nSPS) is 41.8.